The van der Waals surface area contributed by atoms with Crippen molar-refractivity contribution in [3.05, 3.63) is 69.9 Å². The summed E-state index contributed by atoms with van der Waals surface area (Å²) in [4.78, 5) is 28.1. The van der Waals surface area contributed by atoms with Gasteiger partial charge in [-0.3, -0.25) is 19.5 Å². The lowest BCUT2D eigenvalue weighted by Gasteiger charge is -2.30. The predicted molar refractivity (Wildman–Crippen MR) is 102 cm³/mol. The number of amides is 1. The largest absolute Gasteiger partial charge is 0.325 e. The lowest BCUT2D eigenvalue weighted by atomic mass is 9.76. The van der Waals surface area contributed by atoms with Gasteiger partial charge in [0.15, 0.2) is 0 Å². The number of benzene rings is 1. The number of aryl methyl sites for hydroxylation is 1. The minimum absolute atomic E-state index is 0.0936. The molecule has 0 spiro atoms. The number of aromatic nitrogens is 4. The molecule has 3 aromatic rings. The molecule has 0 aliphatic heterocycles. The molecule has 0 atom stereocenters. The van der Waals surface area contributed by atoms with Crippen LogP contribution in [0.4, 0.5) is 5.95 Å². The summed E-state index contributed by atoms with van der Waals surface area (Å²) in [6.45, 7) is 4.37. The van der Waals surface area contributed by atoms with E-state index in [4.69, 9.17) is 0 Å². The molecule has 1 aliphatic rings. The van der Waals surface area contributed by atoms with Crippen molar-refractivity contribution in [2.45, 2.75) is 33.1 Å². The van der Waals surface area contributed by atoms with Gasteiger partial charge in [0.25, 0.3) is 11.5 Å². The highest BCUT2D eigenvalue weighted by molar-refractivity contribution is 6.03. The van der Waals surface area contributed by atoms with Crippen LogP contribution in [0.15, 0.2) is 47.5 Å². The number of hydrogen-bond acceptors (Lipinski definition) is 4. The van der Waals surface area contributed by atoms with E-state index in [1.807, 2.05) is 30.3 Å². The fourth-order valence-corrected chi connectivity index (χ4v) is 3.47. The molecule has 2 heterocycles. The molecule has 0 saturated carbocycles. The summed E-state index contributed by atoms with van der Waals surface area (Å²) in [6, 6.07) is 11.1. The fourth-order valence-electron chi connectivity index (χ4n) is 3.47. The standard InChI is InChI=1S/C20H21N5O2/c1-20(2)9-8-13-10-15(17(26)22-16(13)11-20)18(27)23-19-24-21-12-25(19)14-6-4-3-5-7-14/h3-7,10,12H,8-9,11H2,1-2H3,(H,22,26)(H,23,24,27). The van der Waals surface area contributed by atoms with E-state index < -0.39 is 5.91 Å². The first-order valence-corrected chi connectivity index (χ1v) is 8.95. The van der Waals surface area contributed by atoms with E-state index in [9.17, 15) is 9.59 Å². The first kappa shape index (κ1) is 17.2. The van der Waals surface area contributed by atoms with Gasteiger partial charge in [-0.25, -0.2) is 0 Å². The number of para-hydroxylation sites is 1. The van der Waals surface area contributed by atoms with Gasteiger partial charge in [0.2, 0.25) is 5.95 Å². The molecule has 0 bridgehead atoms. The number of carbonyl (C=O) groups is 1. The maximum absolute atomic E-state index is 12.7. The number of fused-ring (bicyclic) bond motifs is 1. The van der Waals surface area contributed by atoms with Gasteiger partial charge >= 0.3 is 0 Å². The SMILES string of the molecule is CC1(C)CCc2cc(C(=O)Nc3nncn3-c3ccccc3)c(=O)[nH]c2C1. The minimum atomic E-state index is -0.492. The second-order valence-electron chi connectivity index (χ2n) is 7.67. The van der Waals surface area contributed by atoms with Gasteiger partial charge in [0.1, 0.15) is 11.9 Å². The molecule has 7 nitrogen and oxygen atoms in total. The van der Waals surface area contributed by atoms with E-state index in [1.54, 1.807) is 10.6 Å². The van der Waals surface area contributed by atoms with E-state index in [-0.39, 0.29) is 22.5 Å². The molecule has 7 heteroatoms. The van der Waals surface area contributed by atoms with Crippen molar-refractivity contribution in [3.63, 3.8) is 0 Å². The minimum Gasteiger partial charge on any atom is -0.325 e. The monoisotopic (exact) mass is 363 g/mol. The Balaban J connectivity index is 1.62. The Bertz CT molecular complexity index is 1050. The third-order valence-electron chi connectivity index (χ3n) is 4.99. The van der Waals surface area contributed by atoms with E-state index in [0.717, 1.165) is 36.2 Å². The Labute approximate surface area is 156 Å². The van der Waals surface area contributed by atoms with E-state index in [1.165, 1.54) is 6.33 Å². The van der Waals surface area contributed by atoms with Crippen molar-refractivity contribution in [1.82, 2.24) is 19.7 Å². The number of rotatable bonds is 3. The average Bonchev–Trinajstić information content (AvgIpc) is 3.09. The molecule has 0 radical (unpaired) electrons. The Kier molecular flexibility index (Phi) is 4.14. The zero-order chi connectivity index (χ0) is 19.0. The molecule has 2 aromatic heterocycles. The topological polar surface area (TPSA) is 92.7 Å². The highest BCUT2D eigenvalue weighted by atomic mass is 16.2. The van der Waals surface area contributed by atoms with Gasteiger partial charge in [-0.05, 0) is 48.4 Å². The lowest BCUT2D eigenvalue weighted by molar-refractivity contribution is 0.102. The second kappa shape index (κ2) is 6.50. The van der Waals surface area contributed by atoms with Crippen molar-refractivity contribution in [1.29, 1.82) is 0 Å². The highest BCUT2D eigenvalue weighted by Crippen LogP contribution is 2.33. The van der Waals surface area contributed by atoms with Crippen LogP contribution in [0.5, 0.6) is 0 Å². The van der Waals surface area contributed by atoms with Crippen LogP contribution in [-0.4, -0.2) is 25.7 Å². The smallest absolute Gasteiger partial charge is 0.263 e. The van der Waals surface area contributed by atoms with Crippen molar-refractivity contribution in [2.24, 2.45) is 5.41 Å². The third-order valence-corrected chi connectivity index (χ3v) is 4.99. The summed E-state index contributed by atoms with van der Waals surface area (Å²) in [5.74, 6) is -0.224. The number of hydrogen-bond donors (Lipinski definition) is 2. The number of pyridine rings is 1. The molecule has 4 rings (SSSR count). The number of nitrogens with zero attached hydrogens (tertiary/aromatic N) is 3. The van der Waals surface area contributed by atoms with Crippen LogP contribution in [0.1, 0.15) is 41.9 Å². The Morgan fingerprint density at radius 1 is 1.26 bits per heavy atom. The normalized spacial score (nSPS) is 15.2. The Hall–Kier alpha value is -3.22. The summed E-state index contributed by atoms with van der Waals surface area (Å²) in [7, 11) is 0. The van der Waals surface area contributed by atoms with Crippen molar-refractivity contribution >= 4 is 11.9 Å². The third kappa shape index (κ3) is 3.40. The van der Waals surface area contributed by atoms with Crippen LogP contribution in [-0.2, 0) is 12.8 Å². The fraction of sp³-hybridized carbons (Fsp3) is 0.300. The second-order valence-corrected chi connectivity index (χ2v) is 7.67. The van der Waals surface area contributed by atoms with Crippen molar-refractivity contribution in [2.75, 3.05) is 5.32 Å². The molecular formula is C20H21N5O2. The van der Waals surface area contributed by atoms with Crippen molar-refractivity contribution in [3.8, 4) is 5.69 Å². The number of nitrogens with one attached hydrogen (secondary N) is 2. The maximum atomic E-state index is 12.7. The summed E-state index contributed by atoms with van der Waals surface area (Å²) < 4.78 is 1.66. The van der Waals surface area contributed by atoms with Crippen LogP contribution in [0.3, 0.4) is 0 Å². The zero-order valence-electron chi connectivity index (χ0n) is 15.3. The molecule has 0 fully saturated rings. The van der Waals surface area contributed by atoms with Gasteiger partial charge < -0.3 is 4.98 Å². The van der Waals surface area contributed by atoms with Crippen LogP contribution in [0, 0.1) is 5.41 Å². The van der Waals surface area contributed by atoms with Gasteiger partial charge in [-0.2, -0.15) is 0 Å². The highest BCUT2D eigenvalue weighted by Gasteiger charge is 2.27. The van der Waals surface area contributed by atoms with Crippen LogP contribution in [0.2, 0.25) is 0 Å². The van der Waals surface area contributed by atoms with E-state index in [2.05, 4.69) is 34.3 Å². The van der Waals surface area contributed by atoms with Crippen LogP contribution >= 0.6 is 0 Å². The molecule has 2 N–H and O–H groups in total. The lowest BCUT2D eigenvalue weighted by Crippen LogP contribution is -2.30. The van der Waals surface area contributed by atoms with E-state index >= 15 is 0 Å². The van der Waals surface area contributed by atoms with Gasteiger partial charge in [-0.15, -0.1) is 10.2 Å². The first-order chi connectivity index (χ1) is 12.9. The molecule has 1 aliphatic carbocycles. The first-order valence-electron chi connectivity index (χ1n) is 8.95. The molecule has 27 heavy (non-hydrogen) atoms. The van der Waals surface area contributed by atoms with Gasteiger partial charge in [0, 0.05) is 5.69 Å². The molecular weight excluding hydrogens is 342 g/mol. The quantitative estimate of drug-likeness (QED) is 0.748. The number of carbonyl (C=O) groups excluding carboxylic acids is 1. The molecule has 1 amide bonds. The molecule has 1 aromatic carbocycles. The number of anilines is 1. The van der Waals surface area contributed by atoms with Gasteiger partial charge in [0.05, 0.1) is 5.69 Å². The zero-order valence-corrected chi connectivity index (χ0v) is 15.3. The Morgan fingerprint density at radius 3 is 2.81 bits per heavy atom. The predicted octanol–water partition coefficient (Wildman–Crippen LogP) is 2.72. The van der Waals surface area contributed by atoms with Crippen LogP contribution in [0.25, 0.3) is 5.69 Å². The Morgan fingerprint density at radius 2 is 2.04 bits per heavy atom. The summed E-state index contributed by atoms with van der Waals surface area (Å²) >= 11 is 0. The summed E-state index contributed by atoms with van der Waals surface area (Å²) in [5, 5.41) is 10.5. The summed E-state index contributed by atoms with van der Waals surface area (Å²) in [5.41, 5.74) is 2.65. The number of H-pyrrole nitrogens is 1. The molecule has 0 unspecified atom stereocenters. The van der Waals surface area contributed by atoms with Gasteiger partial charge in [-0.1, -0.05) is 32.0 Å². The maximum Gasteiger partial charge on any atom is 0.263 e. The average molecular weight is 363 g/mol. The van der Waals surface area contributed by atoms with Crippen LogP contribution < -0.4 is 10.9 Å². The van der Waals surface area contributed by atoms with E-state index in [0.29, 0.717) is 0 Å². The molecule has 0 saturated heterocycles. The summed E-state index contributed by atoms with van der Waals surface area (Å²) in [6.07, 6.45) is 4.20. The molecule has 138 valence electrons. The van der Waals surface area contributed by atoms with Crippen molar-refractivity contribution < 1.29 is 4.79 Å². The number of aromatic amines is 1.